The number of hydrogen-bond acceptors (Lipinski definition) is 4. The van der Waals surface area contributed by atoms with E-state index in [0.29, 0.717) is 12.2 Å². The van der Waals surface area contributed by atoms with Crippen LogP contribution in [-0.4, -0.2) is 47.3 Å². The normalized spacial score (nSPS) is 15.0. The number of carbonyl (C=O) groups excluding carboxylic acids is 3. The van der Waals surface area contributed by atoms with Gasteiger partial charge in [-0.1, -0.05) is 63.2 Å². The Hall–Kier alpha value is -3.15. The highest BCUT2D eigenvalue weighted by atomic mass is 16.5. The molecule has 0 spiro atoms. The van der Waals surface area contributed by atoms with Crippen LogP contribution >= 0.6 is 0 Å². The van der Waals surface area contributed by atoms with Crippen LogP contribution in [0.2, 0.25) is 0 Å². The van der Waals surface area contributed by atoms with Crippen molar-refractivity contribution in [3.8, 4) is 5.75 Å². The van der Waals surface area contributed by atoms with Crippen molar-refractivity contribution in [2.45, 2.75) is 39.0 Å². The number of benzene rings is 2. The molecule has 0 saturated carbocycles. The van der Waals surface area contributed by atoms with Crippen molar-refractivity contribution in [2.24, 2.45) is 0 Å². The van der Waals surface area contributed by atoms with Crippen molar-refractivity contribution in [2.75, 3.05) is 19.7 Å². The molecule has 1 aliphatic rings. The molecule has 0 aliphatic carbocycles. The lowest BCUT2D eigenvalue weighted by Crippen LogP contribution is -2.56. The quantitative estimate of drug-likeness (QED) is 0.654. The van der Waals surface area contributed by atoms with Gasteiger partial charge < -0.3 is 4.74 Å². The minimum atomic E-state index is -0.570. The lowest BCUT2D eigenvalue weighted by Gasteiger charge is -2.32. The summed E-state index contributed by atoms with van der Waals surface area (Å²) in [6.07, 6.45) is 0.254. The maximum Gasteiger partial charge on any atom is 0.333 e. The molecule has 1 heterocycles. The second-order valence-electron chi connectivity index (χ2n) is 8.41. The van der Waals surface area contributed by atoms with Crippen molar-refractivity contribution in [1.29, 1.82) is 0 Å². The van der Waals surface area contributed by atoms with Gasteiger partial charge in [0.2, 0.25) is 11.8 Å². The summed E-state index contributed by atoms with van der Waals surface area (Å²) in [5.41, 5.74) is 2.34. The molecule has 0 radical (unpaired) electrons. The van der Waals surface area contributed by atoms with Gasteiger partial charge in [-0.25, -0.2) is 4.79 Å². The first-order valence-electron chi connectivity index (χ1n) is 10.2. The van der Waals surface area contributed by atoms with Gasteiger partial charge in [-0.05, 0) is 35.1 Å². The molecule has 0 bridgehead atoms. The monoisotopic (exact) mass is 408 g/mol. The zero-order valence-electron chi connectivity index (χ0n) is 17.8. The summed E-state index contributed by atoms with van der Waals surface area (Å²) in [7, 11) is 0. The maximum absolute atomic E-state index is 12.8. The Morgan fingerprint density at radius 3 is 2.03 bits per heavy atom. The number of nitrogens with zero attached hydrogens (tertiary/aromatic N) is 2. The first-order chi connectivity index (χ1) is 14.3. The molecule has 6 heteroatoms. The van der Waals surface area contributed by atoms with Crippen LogP contribution in [0.1, 0.15) is 38.3 Å². The fourth-order valence-electron chi connectivity index (χ4n) is 3.30. The highest BCUT2D eigenvalue weighted by molar-refractivity contribution is 6.14. The van der Waals surface area contributed by atoms with Crippen molar-refractivity contribution in [3.63, 3.8) is 0 Å². The van der Waals surface area contributed by atoms with E-state index in [1.807, 2.05) is 30.3 Å². The standard InChI is InChI=1S/C24H28N2O4/c1-24(2,3)19-11-9-18(10-12-19)13-14-25-21(27)17-22(28)26(23(25)29)15-16-30-20-7-5-4-6-8-20/h4-12H,13-17H2,1-3H3. The number of amides is 4. The van der Waals surface area contributed by atoms with Gasteiger partial charge in [0.25, 0.3) is 0 Å². The van der Waals surface area contributed by atoms with Crippen molar-refractivity contribution < 1.29 is 19.1 Å². The van der Waals surface area contributed by atoms with Crippen molar-refractivity contribution in [1.82, 2.24) is 9.80 Å². The second kappa shape index (κ2) is 9.11. The Balaban J connectivity index is 1.58. The molecule has 2 aromatic carbocycles. The summed E-state index contributed by atoms with van der Waals surface area (Å²) in [6, 6.07) is 16.8. The Morgan fingerprint density at radius 1 is 0.833 bits per heavy atom. The average Bonchev–Trinajstić information content (AvgIpc) is 2.70. The van der Waals surface area contributed by atoms with E-state index < -0.39 is 17.8 Å². The number of ether oxygens (including phenoxy) is 1. The van der Waals surface area contributed by atoms with Crippen molar-refractivity contribution >= 4 is 17.8 Å². The molecule has 1 saturated heterocycles. The summed E-state index contributed by atoms with van der Waals surface area (Å²) in [6.45, 7) is 6.99. The molecule has 30 heavy (non-hydrogen) atoms. The number of para-hydroxylation sites is 1. The number of urea groups is 1. The molecular weight excluding hydrogens is 380 g/mol. The lowest BCUT2D eigenvalue weighted by atomic mass is 9.86. The van der Waals surface area contributed by atoms with E-state index in [1.54, 1.807) is 12.1 Å². The molecule has 1 aliphatic heterocycles. The van der Waals surface area contributed by atoms with Crippen LogP contribution in [0.3, 0.4) is 0 Å². The van der Waals surface area contributed by atoms with E-state index in [2.05, 4.69) is 32.9 Å². The van der Waals surface area contributed by atoms with Gasteiger partial charge in [0.05, 0.1) is 6.54 Å². The molecular formula is C24H28N2O4. The predicted octanol–water partition coefficient (Wildman–Crippen LogP) is 3.79. The summed E-state index contributed by atoms with van der Waals surface area (Å²) >= 11 is 0. The average molecular weight is 408 g/mol. The SMILES string of the molecule is CC(C)(C)c1ccc(CCN2C(=O)CC(=O)N(CCOc3ccccc3)C2=O)cc1. The lowest BCUT2D eigenvalue weighted by molar-refractivity contribution is -0.142. The molecule has 4 amide bonds. The van der Waals surface area contributed by atoms with Gasteiger partial charge in [0.1, 0.15) is 18.8 Å². The van der Waals surface area contributed by atoms with Gasteiger partial charge in [-0.3, -0.25) is 19.4 Å². The minimum absolute atomic E-state index is 0.0695. The zero-order chi connectivity index (χ0) is 21.7. The molecule has 0 atom stereocenters. The minimum Gasteiger partial charge on any atom is -0.492 e. The number of carbonyl (C=O) groups is 3. The smallest absolute Gasteiger partial charge is 0.333 e. The molecule has 2 aromatic rings. The highest BCUT2D eigenvalue weighted by Gasteiger charge is 2.37. The third-order valence-corrected chi connectivity index (χ3v) is 5.14. The number of imide groups is 2. The zero-order valence-corrected chi connectivity index (χ0v) is 17.8. The predicted molar refractivity (Wildman–Crippen MR) is 114 cm³/mol. The molecule has 0 N–H and O–H groups in total. The molecule has 0 aromatic heterocycles. The molecule has 0 unspecified atom stereocenters. The van der Waals surface area contributed by atoms with Gasteiger partial charge in [0, 0.05) is 6.54 Å². The Labute approximate surface area is 177 Å². The number of barbiturate groups is 1. The third-order valence-electron chi connectivity index (χ3n) is 5.14. The fourth-order valence-corrected chi connectivity index (χ4v) is 3.30. The van der Waals surface area contributed by atoms with Crippen LogP contribution in [0.5, 0.6) is 5.75 Å². The van der Waals surface area contributed by atoms with E-state index in [-0.39, 0.29) is 31.5 Å². The van der Waals surface area contributed by atoms with Crippen LogP contribution in [0.15, 0.2) is 54.6 Å². The van der Waals surface area contributed by atoms with E-state index in [9.17, 15) is 14.4 Å². The van der Waals surface area contributed by atoms with Gasteiger partial charge in [-0.15, -0.1) is 0 Å². The van der Waals surface area contributed by atoms with Crippen LogP contribution in [0.4, 0.5) is 4.79 Å². The van der Waals surface area contributed by atoms with Gasteiger partial charge >= 0.3 is 6.03 Å². The molecule has 3 rings (SSSR count). The number of hydrogen-bond donors (Lipinski definition) is 0. The van der Waals surface area contributed by atoms with Crippen LogP contribution in [-0.2, 0) is 21.4 Å². The summed E-state index contributed by atoms with van der Waals surface area (Å²) < 4.78 is 5.59. The Morgan fingerprint density at radius 2 is 1.43 bits per heavy atom. The second-order valence-corrected chi connectivity index (χ2v) is 8.41. The summed E-state index contributed by atoms with van der Waals surface area (Å²) in [4.78, 5) is 39.5. The maximum atomic E-state index is 12.8. The number of rotatable bonds is 7. The van der Waals surface area contributed by atoms with Crippen LogP contribution < -0.4 is 4.74 Å². The third kappa shape index (κ3) is 5.26. The topological polar surface area (TPSA) is 66.9 Å². The Bertz CT molecular complexity index is 901. The van der Waals surface area contributed by atoms with E-state index in [4.69, 9.17) is 4.74 Å². The largest absolute Gasteiger partial charge is 0.492 e. The first-order valence-corrected chi connectivity index (χ1v) is 10.2. The van der Waals surface area contributed by atoms with Crippen molar-refractivity contribution in [3.05, 3.63) is 65.7 Å². The van der Waals surface area contributed by atoms with Crippen LogP contribution in [0, 0.1) is 0 Å². The van der Waals surface area contributed by atoms with Gasteiger partial charge in [-0.2, -0.15) is 0 Å². The summed E-state index contributed by atoms with van der Waals surface area (Å²) in [5, 5.41) is 0. The van der Waals surface area contributed by atoms with E-state index in [0.717, 1.165) is 10.5 Å². The first kappa shape index (κ1) is 21.6. The fraction of sp³-hybridized carbons (Fsp3) is 0.375. The van der Waals surface area contributed by atoms with Gasteiger partial charge in [0.15, 0.2) is 0 Å². The van der Waals surface area contributed by atoms with Crippen LogP contribution in [0.25, 0.3) is 0 Å². The highest BCUT2D eigenvalue weighted by Crippen LogP contribution is 2.22. The summed E-state index contributed by atoms with van der Waals surface area (Å²) in [5.74, 6) is -0.259. The molecule has 158 valence electrons. The Kier molecular flexibility index (Phi) is 6.55. The van der Waals surface area contributed by atoms with E-state index >= 15 is 0 Å². The molecule has 1 fully saturated rings. The molecule has 6 nitrogen and oxygen atoms in total. The van der Waals surface area contributed by atoms with E-state index in [1.165, 1.54) is 10.5 Å².